The Kier molecular flexibility index (Phi) is 8.96. The molecular weight excluding hydrogens is 516 g/mol. The number of aromatic nitrogens is 2. The molecule has 1 aliphatic heterocycles. The number of benzene rings is 2. The van der Waals surface area contributed by atoms with Crippen LogP contribution in [-0.2, 0) is 4.74 Å². The minimum atomic E-state index is -0.188. The zero-order valence-electron chi connectivity index (χ0n) is 24.0. The van der Waals surface area contributed by atoms with Gasteiger partial charge in [-0.1, -0.05) is 12.1 Å². The summed E-state index contributed by atoms with van der Waals surface area (Å²) in [5, 5.41) is 6.59. The first-order chi connectivity index (χ1) is 20.0. The monoisotopic (exact) mass is 554 g/mol. The van der Waals surface area contributed by atoms with E-state index in [1.54, 1.807) is 31.1 Å². The number of piperidine rings is 1. The van der Waals surface area contributed by atoms with Crippen LogP contribution in [0.25, 0.3) is 10.9 Å². The zero-order chi connectivity index (χ0) is 28.8. The first-order valence-corrected chi connectivity index (χ1v) is 14.1. The van der Waals surface area contributed by atoms with Crippen LogP contribution in [0.2, 0.25) is 0 Å². The molecule has 0 spiro atoms. The number of rotatable bonds is 9. The summed E-state index contributed by atoms with van der Waals surface area (Å²) in [6.07, 6.45) is 6.57. The third kappa shape index (κ3) is 6.58. The van der Waals surface area contributed by atoms with Gasteiger partial charge in [-0.15, -0.1) is 0 Å². The van der Waals surface area contributed by atoms with E-state index in [1.165, 1.54) is 5.56 Å². The molecule has 1 fully saturated rings. The van der Waals surface area contributed by atoms with Crippen molar-refractivity contribution >= 4 is 40.0 Å². The van der Waals surface area contributed by atoms with Crippen LogP contribution in [0, 0.1) is 0 Å². The summed E-state index contributed by atoms with van der Waals surface area (Å²) in [5.74, 6) is 0.843. The van der Waals surface area contributed by atoms with Crippen LogP contribution in [0.1, 0.15) is 41.1 Å². The number of anilines is 3. The predicted molar refractivity (Wildman–Crippen MR) is 163 cm³/mol. The number of likely N-dealkylation sites (tertiary alicyclic amines) is 1. The van der Waals surface area contributed by atoms with Gasteiger partial charge in [-0.3, -0.25) is 9.36 Å². The van der Waals surface area contributed by atoms with Gasteiger partial charge in [0.05, 0.1) is 5.52 Å². The topological polar surface area (TPSA) is 91.7 Å². The van der Waals surface area contributed by atoms with Crippen molar-refractivity contribution in [2.24, 2.45) is 0 Å². The molecule has 0 atom stereocenters. The van der Waals surface area contributed by atoms with Gasteiger partial charge < -0.3 is 25.2 Å². The highest BCUT2D eigenvalue weighted by molar-refractivity contribution is 6.04. The quantitative estimate of drug-likeness (QED) is 0.267. The number of pyridine rings is 1. The number of hydrogen-bond acceptors (Lipinski definition) is 6. The van der Waals surface area contributed by atoms with Gasteiger partial charge in [0, 0.05) is 68.1 Å². The van der Waals surface area contributed by atoms with E-state index in [2.05, 4.69) is 50.7 Å². The number of nitrogens with zero attached hydrogens (tertiary/aromatic N) is 4. The van der Waals surface area contributed by atoms with Gasteiger partial charge in [-0.25, -0.2) is 9.78 Å². The number of methoxy groups -OCH3 is 1. The molecule has 0 saturated carbocycles. The lowest BCUT2D eigenvalue weighted by Gasteiger charge is -2.29. The molecule has 2 aromatic carbocycles. The Morgan fingerprint density at radius 1 is 1.02 bits per heavy atom. The first-order valence-electron chi connectivity index (χ1n) is 14.1. The van der Waals surface area contributed by atoms with Crippen LogP contribution in [0.5, 0.6) is 0 Å². The van der Waals surface area contributed by atoms with Crippen molar-refractivity contribution in [3.05, 3.63) is 84.2 Å². The van der Waals surface area contributed by atoms with Crippen molar-refractivity contribution in [1.82, 2.24) is 19.8 Å². The van der Waals surface area contributed by atoms with E-state index in [4.69, 9.17) is 4.74 Å². The van der Waals surface area contributed by atoms with Crippen LogP contribution in [0.15, 0.2) is 73.1 Å². The van der Waals surface area contributed by atoms with Gasteiger partial charge in [-0.2, -0.15) is 0 Å². The molecular formula is C32H38N6O3. The molecule has 0 aliphatic carbocycles. The molecule has 9 nitrogen and oxygen atoms in total. The Hall–Kier alpha value is -4.21. The Bertz CT molecular complexity index is 1490. The number of hydrogen-bond donors (Lipinski definition) is 2. The fourth-order valence-corrected chi connectivity index (χ4v) is 5.46. The summed E-state index contributed by atoms with van der Waals surface area (Å²) in [7, 11) is 5.47. The van der Waals surface area contributed by atoms with Crippen LogP contribution in [0.3, 0.4) is 0 Å². The highest BCUT2D eigenvalue weighted by Gasteiger charge is 2.19. The zero-order valence-corrected chi connectivity index (χ0v) is 24.0. The van der Waals surface area contributed by atoms with E-state index in [1.807, 2.05) is 42.5 Å². The molecule has 0 radical (unpaired) electrons. The number of nitrogens with one attached hydrogen (secondary N) is 2. The van der Waals surface area contributed by atoms with Crippen molar-refractivity contribution < 1.29 is 14.3 Å². The maximum atomic E-state index is 13.1. The van der Waals surface area contributed by atoms with Gasteiger partial charge in [0.25, 0.3) is 5.91 Å². The Balaban J connectivity index is 1.34. The molecule has 214 valence electrons. The lowest BCUT2D eigenvalue weighted by atomic mass is 9.89. The molecule has 1 aliphatic rings. The second kappa shape index (κ2) is 13.0. The van der Waals surface area contributed by atoms with Gasteiger partial charge in [0.2, 0.25) is 0 Å². The summed E-state index contributed by atoms with van der Waals surface area (Å²) in [6, 6.07) is 19.5. The summed E-state index contributed by atoms with van der Waals surface area (Å²) in [4.78, 5) is 34.3. The van der Waals surface area contributed by atoms with Gasteiger partial charge >= 0.3 is 6.03 Å². The third-order valence-electron chi connectivity index (χ3n) is 7.81. The number of carbonyl (C=O) groups excluding carboxylic acids is 2. The average molecular weight is 555 g/mol. The fourth-order valence-electron chi connectivity index (χ4n) is 5.46. The van der Waals surface area contributed by atoms with Crippen LogP contribution in [-0.4, -0.2) is 73.8 Å². The summed E-state index contributed by atoms with van der Waals surface area (Å²) in [5.41, 5.74) is 4.60. The van der Waals surface area contributed by atoms with Crippen molar-refractivity contribution in [2.45, 2.75) is 25.2 Å². The second-order valence-electron chi connectivity index (χ2n) is 10.5. The van der Waals surface area contributed by atoms with Gasteiger partial charge in [0.15, 0.2) is 0 Å². The van der Waals surface area contributed by atoms with E-state index in [0.717, 1.165) is 54.6 Å². The molecule has 0 bridgehead atoms. The molecule has 4 aromatic rings. The van der Waals surface area contributed by atoms with E-state index in [-0.39, 0.29) is 11.9 Å². The minimum Gasteiger partial charge on any atom is -0.385 e. The molecule has 1 saturated heterocycles. The molecule has 5 rings (SSSR count). The maximum Gasteiger partial charge on any atom is 0.325 e. The molecule has 2 amide bonds. The Morgan fingerprint density at radius 2 is 1.78 bits per heavy atom. The molecule has 41 heavy (non-hydrogen) atoms. The molecule has 3 heterocycles. The third-order valence-corrected chi connectivity index (χ3v) is 7.81. The van der Waals surface area contributed by atoms with Crippen LogP contribution >= 0.6 is 0 Å². The smallest absolute Gasteiger partial charge is 0.325 e. The van der Waals surface area contributed by atoms with Gasteiger partial charge in [0.1, 0.15) is 5.82 Å². The van der Waals surface area contributed by atoms with E-state index < -0.39 is 0 Å². The van der Waals surface area contributed by atoms with E-state index in [0.29, 0.717) is 30.5 Å². The predicted octanol–water partition coefficient (Wildman–Crippen LogP) is 5.46. The van der Waals surface area contributed by atoms with Crippen molar-refractivity contribution in [3.8, 4) is 0 Å². The van der Waals surface area contributed by atoms with Gasteiger partial charge in [-0.05, 0) is 93.3 Å². The van der Waals surface area contributed by atoms with Crippen molar-refractivity contribution in [2.75, 3.05) is 57.7 Å². The largest absolute Gasteiger partial charge is 0.385 e. The molecule has 2 aromatic heterocycles. The average Bonchev–Trinajstić information content (AvgIpc) is 3.43. The minimum absolute atomic E-state index is 0.185. The lowest BCUT2D eigenvalue weighted by Crippen LogP contribution is -2.29. The molecule has 2 N–H and O–H groups in total. The number of fused-ring (bicyclic) bond motifs is 1. The van der Waals surface area contributed by atoms with Crippen LogP contribution < -0.4 is 15.5 Å². The highest BCUT2D eigenvalue weighted by atomic mass is 16.5. The van der Waals surface area contributed by atoms with E-state index in [9.17, 15) is 9.59 Å². The van der Waals surface area contributed by atoms with Crippen molar-refractivity contribution in [1.29, 1.82) is 0 Å². The Labute approximate surface area is 241 Å². The normalized spacial score (nSPS) is 14.2. The molecule has 0 unspecified atom stereocenters. The number of ether oxygens (including phenoxy) is 1. The summed E-state index contributed by atoms with van der Waals surface area (Å²) in [6.45, 7) is 3.53. The SMILES string of the molecule is CNC(=O)n1ccc2cc(N(CCCOC)c3ccnc(NC(=O)c4ccc(C5CCN(C)CC5)cc4)c3)ccc21. The Morgan fingerprint density at radius 3 is 2.51 bits per heavy atom. The van der Waals surface area contributed by atoms with Crippen LogP contribution in [0.4, 0.5) is 22.0 Å². The summed E-state index contributed by atoms with van der Waals surface area (Å²) >= 11 is 0. The fraction of sp³-hybridized carbons (Fsp3) is 0.344. The van der Waals surface area contributed by atoms with Crippen molar-refractivity contribution in [3.63, 3.8) is 0 Å². The number of amides is 2. The standard InChI is InChI=1S/C32H38N6O3/c1-33-32(40)38-19-14-26-21-27(9-10-29(26)38)37(16-4-20-41-3)28-11-15-34-30(22-28)35-31(39)25-7-5-23(6-8-25)24-12-17-36(2)18-13-24/h5-11,14-15,19,21-22,24H,4,12-13,16-18,20H2,1-3H3,(H,33,40)(H,34,35,39). The first kappa shape index (κ1) is 28.3. The highest BCUT2D eigenvalue weighted by Crippen LogP contribution is 2.31. The maximum absolute atomic E-state index is 13.1. The number of carbonyl (C=O) groups is 2. The molecule has 9 heteroatoms. The summed E-state index contributed by atoms with van der Waals surface area (Å²) < 4.78 is 6.90. The van der Waals surface area contributed by atoms with E-state index >= 15 is 0 Å². The lowest BCUT2D eigenvalue weighted by molar-refractivity contribution is 0.102. The second-order valence-corrected chi connectivity index (χ2v) is 10.5.